The number of carbonyl (C=O) groups is 4. The Balaban J connectivity index is 3.13. The van der Waals surface area contributed by atoms with Gasteiger partial charge >= 0.3 is 5.97 Å². The summed E-state index contributed by atoms with van der Waals surface area (Å²) in [5.74, 6) is -4.01. The van der Waals surface area contributed by atoms with Crippen molar-refractivity contribution in [3.8, 4) is 0 Å². The zero-order valence-corrected chi connectivity index (χ0v) is 19.9. The van der Waals surface area contributed by atoms with Gasteiger partial charge in [-0.2, -0.15) is 0 Å². The van der Waals surface area contributed by atoms with E-state index < -0.39 is 60.1 Å². The molecule has 0 aliphatic carbocycles. The van der Waals surface area contributed by atoms with Crippen LogP contribution in [0.2, 0.25) is 0 Å². The minimum Gasteiger partial charge on any atom is -0.480 e. The van der Waals surface area contributed by atoms with Gasteiger partial charge in [0.1, 0.15) is 24.2 Å². The number of hydrogen-bond donors (Lipinski definition) is 7. The third-order valence-electron chi connectivity index (χ3n) is 5.58. The molecule has 7 atom stereocenters. The highest BCUT2D eigenvalue weighted by Gasteiger charge is 2.34. The number of aliphatic hydroxyl groups excluding tert-OH is 2. The number of benzene rings is 1. The zero-order chi connectivity index (χ0) is 26.0. The van der Waals surface area contributed by atoms with Crippen molar-refractivity contribution in [1.82, 2.24) is 16.0 Å². The first-order chi connectivity index (χ1) is 15.9. The lowest BCUT2D eigenvalue weighted by atomic mass is 9.98. The van der Waals surface area contributed by atoms with E-state index >= 15 is 0 Å². The molecule has 0 bridgehead atoms. The Morgan fingerprint density at radius 2 is 1.41 bits per heavy atom. The normalized spacial score (nSPS) is 17.3. The van der Waals surface area contributed by atoms with Crippen LogP contribution >= 0.6 is 0 Å². The van der Waals surface area contributed by atoms with E-state index in [4.69, 9.17) is 5.73 Å². The van der Waals surface area contributed by atoms with Gasteiger partial charge in [0.2, 0.25) is 17.7 Å². The molecule has 1 rings (SSSR count). The van der Waals surface area contributed by atoms with Gasteiger partial charge in [-0.3, -0.25) is 14.4 Å². The topological polar surface area (TPSA) is 191 Å². The number of aliphatic carboxylic acids is 1. The van der Waals surface area contributed by atoms with Gasteiger partial charge in [-0.15, -0.1) is 0 Å². The molecule has 8 N–H and O–H groups in total. The second-order valence-electron chi connectivity index (χ2n) is 8.45. The molecule has 1 aromatic carbocycles. The molecule has 0 saturated carbocycles. The van der Waals surface area contributed by atoms with Crippen LogP contribution in [0.5, 0.6) is 0 Å². The van der Waals surface area contributed by atoms with Crippen molar-refractivity contribution >= 4 is 23.7 Å². The SMILES string of the molecule is CCC(C)C(NC(=O)C(Cc1ccccc1)NC(=O)C(NC(=O)C(N)C(C)O)C(C)O)C(=O)O. The van der Waals surface area contributed by atoms with Crippen LogP contribution < -0.4 is 21.7 Å². The number of carboxylic acid groups (broad SMARTS) is 1. The fourth-order valence-corrected chi connectivity index (χ4v) is 3.13. The van der Waals surface area contributed by atoms with Crippen molar-refractivity contribution in [3.05, 3.63) is 35.9 Å². The molecule has 0 aliphatic rings. The summed E-state index contributed by atoms with van der Waals surface area (Å²) in [4.78, 5) is 49.9. The van der Waals surface area contributed by atoms with Gasteiger partial charge < -0.3 is 37.0 Å². The third kappa shape index (κ3) is 8.73. The number of amides is 3. The van der Waals surface area contributed by atoms with E-state index in [-0.39, 0.29) is 12.3 Å². The van der Waals surface area contributed by atoms with Crippen molar-refractivity contribution in [1.29, 1.82) is 0 Å². The van der Waals surface area contributed by atoms with E-state index in [1.54, 1.807) is 44.2 Å². The Hall–Kier alpha value is -3.02. The lowest BCUT2D eigenvalue weighted by Gasteiger charge is -2.27. The molecule has 0 radical (unpaired) electrons. The van der Waals surface area contributed by atoms with Crippen molar-refractivity contribution in [2.24, 2.45) is 11.7 Å². The number of carboxylic acids is 1. The number of hydrogen-bond acceptors (Lipinski definition) is 7. The lowest BCUT2D eigenvalue weighted by Crippen LogP contribution is -2.61. The van der Waals surface area contributed by atoms with Gasteiger partial charge in [0, 0.05) is 6.42 Å². The third-order valence-corrected chi connectivity index (χ3v) is 5.58. The molecule has 0 heterocycles. The summed E-state index contributed by atoms with van der Waals surface area (Å²) in [6.07, 6.45) is -1.99. The molecule has 11 nitrogen and oxygen atoms in total. The molecule has 1 aromatic rings. The zero-order valence-electron chi connectivity index (χ0n) is 19.9. The van der Waals surface area contributed by atoms with Crippen molar-refractivity contribution in [2.75, 3.05) is 0 Å². The van der Waals surface area contributed by atoms with Crippen LogP contribution in [0, 0.1) is 5.92 Å². The molecular weight excluding hydrogens is 444 g/mol. The Labute approximate surface area is 199 Å². The molecule has 0 aromatic heterocycles. The summed E-state index contributed by atoms with van der Waals surface area (Å²) in [6.45, 7) is 6.06. The van der Waals surface area contributed by atoms with Crippen LogP contribution in [-0.4, -0.2) is 75.4 Å². The van der Waals surface area contributed by atoms with Crippen LogP contribution in [-0.2, 0) is 25.6 Å². The van der Waals surface area contributed by atoms with Crippen LogP contribution in [0.1, 0.15) is 39.7 Å². The van der Waals surface area contributed by atoms with Gasteiger partial charge in [-0.1, -0.05) is 50.6 Å². The van der Waals surface area contributed by atoms with Gasteiger partial charge in [-0.25, -0.2) is 4.79 Å². The Morgan fingerprint density at radius 3 is 1.88 bits per heavy atom. The van der Waals surface area contributed by atoms with E-state index in [0.717, 1.165) is 0 Å². The van der Waals surface area contributed by atoms with Gasteiger partial charge in [0.25, 0.3) is 0 Å². The summed E-state index contributed by atoms with van der Waals surface area (Å²) in [7, 11) is 0. The van der Waals surface area contributed by atoms with Crippen LogP contribution in [0.3, 0.4) is 0 Å². The highest BCUT2D eigenvalue weighted by Crippen LogP contribution is 2.10. The molecule has 0 aliphatic heterocycles. The number of nitrogens with two attached hydrogens (primary N) is 1. The average molecular weight is 481 g/mol. The van der Waals surface area contributed by atoms with Crippen molar-refractivity contribution < 1.29 is 34.5 Å². The molecular formula is C23H36N4O7. The summed E-state index contributed by atoms with van der Waals surface area (Å²) >= 11 is 0. The van der Waals surface area contributed by atoms with Crippen LogP contribution in [0.25, 0.3) is 0 Å². The number of rotatable bonds is 13. The molecule has 11 heteroatoms. The fraction of sp³-hybridized carbons (Fsp3) is 0.565. The largest absolute Gasteiger partial charge is 0.480 e. The van der Waals surface area contributed by atoms with Crippen LogP contribution in [0.15, 0.2) is 30.3 Å². The predicted molar refractivity (Wildman–Crippen MR) is 124 cm³/mol. The van der Waals surface area contributed by atoms with Crippen LogP contribution in [0.4, 0.5) is 0 Å². The standard InChI is InChI=1S/C23H36N4O7/c1-5-12(2)18(23(33)34)26-20(30)16(11-15-9-7-6-8-10-15)25-22(32)19(14(4)29)27-21(31)17(24)13(3)28/h6-10,12-14,16-19,28-29H,5,11,24H2,1-4H3,(H,25,32)(H,26,30)(H,27,31)(H,33,34). The average Bonchev–Trinajstić information content (AvgIpc) is 2.79. The van der Waals surface area contributed by atoms with Gasteiger partial charge in [0.05, 0.1) is 12.2 Å². The number of aliphatic hydroxyl groups is 2. The Bertz CT molecular complexity index is 832. The predicted octanol–water partition coefficient (Wildman–Crippen LogP) is -1.10. The molecule has 34 heavy (non-hydrogen) atoms. The van der Waals surface area contributed by atoms with E-state index in [2.05, 4.69) is 16.0 Å². The lowest BCUT2D eigenvalue weighted by molar-refractivity contribution is -0.144. The smallest absolute Gasteiger partial charge is 0.326 e. The van der Waals surface area contributed by atoms with E-state index in [1.807, 2.05) is 0 Å². The summed E-state index contributed by atoms with van der Waals surface area (Å²) in [5.41, 5.74) is 6.29. The molecule has 190 valence electrons. The first kappa shape index (κ1) is 29.0. The van der Waals surface area contributed by atoms with E-state index in [1.165, 1.54) is 13.8 Å². The number of carbonyl (C=O) groups excluding carboxylic acids is 3. The maximum absolute atomic E-state index is 13.0. The van der Waals surface area contributed by atoms with E-state index in [9.17, 15) is 34.5 Å². The monoisotopic (exact) mass is 480 g/mol. The molecule has 0 spiro atoms. The van der Waals surface area contributed by atoms with Crippen molar-refractivity contribution in [3.63, 3.8) is 0 Å². The number of nitrogens with one attached hydrogen (secondary N) is 3. The molecule has 0 fully saturated rings. The quantitative estimate of drug-likeness (QED) is 0.185. The minimum absolute atomic E-state index is 0.0406. The Morgan fingerprint density at radius 1 is 0.853 bits per heavy atom. The first-order valence-electron chi connectivity index (χ1n) is 11.2. The fourth-order valence-electron chi connectivity index (χ4n) is 3.13. The summed E-state index contributed by atoms with van der Waals surface area (Å²) in [6, 6.07) is 3.62. The van der Waals surface area contributed by atoms with Gasteiger partial charge in [-0.05, 0) is 25.3 Å². The minimum atomic E-state index is -1.46. The highest BCUT2D eigenvalue weighted by molar-refractivity contribution is 5.94. The van der Waals surface area contributed by atoms with Gasteiger partial charge in [0.15, 0.2) is 0 Å². The van der Waals surface area contributed by atoms with E-state index in [0.29, 0.717) is 12.0 Å². The molecule has 7 unspecified atom stereocenters. The summed E-state index contributed by atoms with van der Waals surface area (Å²) < 4.78 is 0. The molecule has 3 amide bonds. The highest BCUT2D eigenvalue weighted by atomic mass is 16.4. The second kappa shape index (κ2) is 13.6. The molecule has 0 saturated heterocycles. The van der Waals surface area contributed by atoms with Crippen molar-refractivity contribution in [2.45, 2.75) is 76.9 Å². The second-order valence-corrected chi connectivity index (χ2v) is 8.45. The first-order valence-corrected chi connectivity index (χ1v) is 11.2. The summed E-state index contributed by atoms with van der Waals surface area (Å²) in [5, 5.41) is 36.3. The maximum atomic E-state index is 13.0. The maximum Gasteiger partial charge on any atom is 0.326 e. The Kier molecular flexibility index (Phi) is 11.6.